The minimum absolute atomic E-state index is 0. The molecule has 0 saturated heterocycles. The number of hydrogen-bond acceptors (Lipinski definition) is 5. The van der Waals surface area contributed by atoms with Gasteiger partial charge in [0.15, 0.2) is 9.84 Å². The van der Waals surface area contributed by atoms with Crippen molar-refractivity contribution in [3.05, 3.63) is 101 Å². The molecule has 192 valence electrons. The van der Waals surface area contributed by atoms with Crippen molar-refractivity contribution < 1.29 is 8.42 Å². The van der Waals surface area contributed by atoms with Gasteiger partial charge in [0.25, 0.3) is 0 Å². The van der Waals surface area contributed by atoms with E-state index in [0.29, 0.717) is 6.42 Å². The van der Waals surface area contributed by atoms with Crippen LogP contribution in [0.2, 0.25) is 0 Å². The monoisotopic (exact) mass is 534 g/mol. The van der Waals surface area contributed by atoms with Crippen LogP contribution in [0.4, 0.5) is 0 Å². The van der Waals surface area contributed by atoms with Crippen LogP contribution in [0.5, 0.6) is 0 Å². The summed E-state index contributed by atoms with van der Waals surface area (Å²) in [6, 6.07) is 18.2. The molecule has 2 N–H and O–H groups in total. The van der Waals surface area contributed by atoms with Gasteiger partial charge in [0, 0.05) is 30.5 Å². The van der Waals surface area contributed by atoms with Gasteiger partial charge in [-0.2, -0.15) is 0 Å². The van der Waals surface area contributed by atoms with E-state index in [1.54, 1.807) is 12.5 Å². The van der Waals surface area contributed by atoms with Gasteiger partial charge in [-0.15, -0.1) is 12.4 Å². The number of halogens is 1. The van der Waals surface area contributed by atoms with E-state index in [-0.39, 0.29) is 30.3 Å². The van der Waals surface area contributed by atoms with Crippen LogP contribution in [-0.4, -0.2) is 41.6 Å². The first-order valence-corrected chi connectivity index (χ1v) is 14.4. The van der Waals surface area contributed by atoms with Crippen LogP contribution in [0.15, 0.2) is 84.5 Å². The lowest BCUT2D eigenvalue weighted by Crippen LogP contribution is -2.66. The molecule has 6 rings (SSSR count). The smallest absolute Gasteiger partial charge is 0.152 e. The van der Waals surface area contributed by atoms with Crippen LogP contribution < -0.4 is 15.8 Å². The molecule has 5 atom stereocenters. The van der Waals surface area contributed by atoms with Gasteiger partial charge in [0.1, 0.15) is 0 Å². The van der Waals surface area contributed by atoms with Gasteiger partial charge in [0.2, 0.25) is 0 Å². The van der Waals surface area contributed by atoms with E-state index < -0.39 is 20.5 Å². The predicted molar refractivity (Wildman–Crippen MR) is 150 cm³/mol. The Hall–Kier alpha value is -3.16. The fourth-order valence-electron chi connectivity index (χ4n) is 6.72. The van der Waals surface area contributed by atoms with Crippen molar-refractivity contribution in [3.8, 4) is 0 Å². The summed E-state index contributed by atoms with van der Waals surface area (Å²) in [5, 5.41) is 5.19. The van der Waals surface area contributed by atoms with E-state index in [0.717, 1.165) is 40.2 Å². The lowest BCUT2D eigenvalue weighted by molar-refractivity contribution is 0.142. The molecule has 1 fully saturated rings. The van der Waals surface area contributed by atoms with E-state index in [1.807, 2.05) is 42.7 Å². The first kappa shape index (κ1) is 25.5. The van der Waals surface area contributed by atoms with Gasteiger partial charge in [-0.1, -0.05) is 60.7 Å². The van der Waals surface area contributed by atoms with Gasteiger partial charge >= 0.3 is 0 Å². The third kappa shape index (κ3) is 4.55. The molecule has 5 unspecified atom stereocenters. The van der Waals surface area contributed by atoms with Gasteiger partial charge in [-0.3, -0.25) is 4.99 Å². The Morgan fingerprint density at radius 3 is 2.51 bits per heavy atom. The Balaban J connectivity index is 0.00000280. The molecule has 2 heterocycles. The highest BCUT2D eigenvalue weighted by molar-refractivity contribution is 7.91. The molecule has 1 aliphatic heterocycles. The van der Waals surface area contributed by atoms with Crippen molar-refractivity contribution >= 4 is 40.1 Å². The van der Waals surface area contributed by atoms with E-state index in [2.05, 4.69) is 51.7 Å². The van der Waals surface area contributed by atoms with E-state index in [1.165, 1.54) is 6.26 Å². The average Bonchev–Trinajstić information content (AvgIpc) is 3.30. The average molecular weight is 535 g/mol. The highest BCUT2D eigenvalue weighted by Crippen LogP contribution is 2.51. The van der Waals surface area contributed by atoms with E-state index in [9.17, 15) is 8.42 Å². The molecule has 3 aliphatic rings. The molecule has 1 spiro atoms. The topological polar surface area (TPSA) is 87.2 Å². The summed E-state index contributed by atoms with van der Waals surface area (Å²) in [6.07, 6.45) is 15.2. The number of aliphatic imine (C=N–C) groups is 1. The quantitative estimate of drug-likeness (QED) is 0.527. The Bertz CT molecular complexity index is 1550. The number of imidazole rings is 1. The Morgan fingerprint density at radius 2 is 1.78 bits per heavy atom. The summed E-state index contributed by atoms with van der Waals surface area (Å²) in [5.41, 5.74) is 2.54. The van der Waals surface area contributed by atoms with Crippen molar-refractivity contribution in [2.24, 2.45) is 22.2 Å². The zero-order valence-corrected chi connectivity index (χ0v) is 22.3. The SMILES string of the molecule is CS(=O)(=O)C1C(Cc2ccccc2)CC(Cc2cnc[nH]2)C23C=c4ccccc4=CC2=NC=CNC13.Cl. The van der Waals surface area contributed by atoms with Gasteiger partial charge < -0.3 is 10.3 Å². The lowest BCUT2D eigenvalue weighted by Gasteiger charge is -2.54. The molecule has 37 heavy (non-hydrogen) atoms. The largest absolute Gasteiger partial charge is 0.384 e. The minimum Gasteiger partial charge on any atom is -0.384 e. The molecular weight excluding hydrogens is 504 g/mol. The van der Waals surface area contributed by atoms with Crippen molar-refractivity contribution in [3.63, 3.8) is 0 Å². The number of aromatic nitrogens is 2. The van der Waals surface area contributed by atoms with Crippen LogP contribution in [0, 0.1) is 17.3 Å². The summed E-state index contributed by atoms with van der Waals surface area (Å²) in [4.78, 5) is 12.4. The standard InChI is InChI=1S/C29H30N4O2S.ClH/c1-36(34,35)27-23(13-20-7-3-2-4-8-20)14-24(16-25-18-30-19-33-25)29-17-22-10-6-5-9-21(22)15-26(29)31-11-12-32-28(27)29;/h2-12,15,17-19,23-24,27-28,32H,13-14,16H2,1H3,(H,30,33);1H. The fraction of sp³-hybridized carbons (Fsp3) is 0.310. The second kappa shape index (κ2) is 9.95. The van der Waals surface area contributed by atoms with E-state index >= 15 is 0 Å². The van der Waals surface area contributed by atoms with E-state index in [4.69, 9.17) is 4.99 Å². The first-order chi connectivity index (χ1) is 17.4. The lowest BCUT2D eigenvalue weighted by atomic mass is 9.55. The van der Waals surface area contributed by atoms with Crippen molar-refractivity contribution in [2.75, 3.05) is 6.26 Å². The zero-order valence-electron chi connectivity index (χ0n) is 20.6. The normalized spacial score (nSPS) is 28.0. The van der Waals surface area contributed by atoms with Gasteiger partial charge in [0.05, 0.1) is 28.7 Å². The molecule has 2 aromatic carbocycles. The molecule has 0 bridgehead atoms. The first-order valence-electron chi connectivity index (χ1n) is 12.4. The van der Waals surface area contributed by atoms with Crippen molar-refractivity contribution in [1.29, 1.82) is 0 Å². The molecule has 0 amide bonds. The molecule has 0 radical (unpaired) electrons. The Morgan fingerprint density at radius 1 is 1.03 bits per heavy atom. The zero-order chi connectivity index (χ0) is 24.8. The molecular formula is C29H31ClN4O2S. The van der Waals surface area contributed by atoms with Gasteiger partial charge in [-0.05, 0) is 53.2 Å². The molecule has 1 saturated carbocycles. The summed E-state index contributed by atoms with van der Waals surface area (Å²) in [7, 11) is -3.41. The maximum Gasteiger partial charge on any atom is 0.152 e. The summed E-state index contributed by atoms with van der Waals surface area (Å²) >= 11 is 0. The van der Waals surface area contributed by atoms with Crippen molar-refractivity contribution in [1.82, 2.24) is 15.3 Å². The third-order valence-electron chi connectivity index (χ3n) is 8.12. The summed E-state index contributed by atoms with van der Waals surface area (Å²) in [6.45, 7) is 0. The number of H-pyrrole nitrogens is 1. The Kier molecular flexibility index (Phi) is 6.86. The fourth-order valence-corrected chi connectivity index (χ4v) is 8.42. The number of fused-ring (bicyclic) bond motifs is 1. The molecule has 2 aliphatic carbocycles. The number of nitrogens with one attached hydrogen (secondary N) is 2. The Labute approximate surface area is 223 Å². The molecule has 8 heteroatoms. The maximum absolute atomic E-state index is 13.6. The van der Waals surface area contributed by atoms with Gasteiger partial charge in [-0.25, -0.2) is 13.4 Å². The second-order valence-corrected chi connectivity index (χ2v) is 12.5. The molecule has 6 nitrogen and oxygen atoms in total. The second-order valence-electron chi connectivity index (χ2n) is 10.3. The highest BCUT2D eigenvalue weighted by Gasteiger charge is 2.59. The van der Waals surface area contributed by atoms with Crippen molar-refractivity contribution in [2.45, 2.75) is 30.6 Å². The number of aromatic amines is 1. The van der Waals surface area contributed by atoms with Crippen LogP contribution in [0.3, 0.4) is 0 Å². The highest BCUT2D eigenvalue weighted by atomic mass is 35.5. The third-order valence-corrected chi connectivity index (χ3v) is 9.76. The maximum atomic E-state index is 13.6. The minimum atomic E-state index is -3.41. The predicted octanol–water partition coefficient (Wildman–Crippen LogP) is 2.81. The number of benzene rings is 2. The number of hydrogen-bond donors (Lipinski definition) is 2. The number of rotatable bonds is 5. The van der Waals surface area contributed by atoms with Crippen LogP contribution in [-0.2, 0) is 22.7 Å². The van der Waals surface area contributed by atoms with Crippen LogP contribution in [0.25, 0.3) is 12.2 Å². The molecule has 1 aromatic heterocycles. The van der Waals surface area contributed by atoms with Crippen LogP contribution >= 0.6 is 12.4 Å². The summed E-state index contributed by atoms with van der Waals surface area (Å²) in [5.74, 6) is 0.0715. The number of nitrogens with zero attached hydrogens (tertiary/aromatic N) is 2. The molecule has 3 aromatic rings. The number of sulfone groups is 1. The summed E-state index contributed by atoms with van der Waals surface area (Å²) < 4.78 is 27.1. The van der Waals surface area contributed by atoms with Crippen LogP contribution in [0.1, 0.15) is 17.7 Å².